The van der Waals surface area contributed by atoms with Crippen LogP contribution in [0.25, 0.3) is 0 Å². The molecule has 2 aliphatic heterocycles. The third-order valence-corrected chi connectivity index (χ3v) is 5.78. The summed E-state index contributed by atoms with van der Waals surface area (Å²) in [5, 5.41) is 2.01. The van der Waals surface area contributed by atoms with E-state index in [0.717, 1.165) is 28.7 Å². The number of rotatable bonds is 3. The molecule has 0 N–H and O–H groups in total. The van der Waals surface area contributed by atoms with Gasteiger partial charge in [0.25, 0.3) is 0 Å². The maximum atomic E-state index is 12.7. The molecular weight excluding hydrogens is 340 g/mol. The normalized spacial score (nSPS) is 26.3. The highest BCUT2D eigenvalue weighted by Gasteiger charge is 2.46. The first-order valence-electron chi connectivity index (χ1n) is 6.95. The van der Waals surface area contributed by atoms with E-state index in [1.165, 1.54) is 0 Å². The van der Waals surface area contributed by atoms with Crippen molar-refractivity contribution in [2.45, 2.75) is 44.8 Å². The first-order valence-corrected chi connectivity index (χ1v) is 8.63. The summed E-state index contributed by atoms with van der Waals surface area (Å²) < 4.78 is 1.03. The number of piperazine rings is 1. The maximum absolute atomic E-state index is 12.7. The van der Waals surface area contributed by atoms with Crippen molar-refractivity contribution in [2.24, 2.45) is 0 Å². The van der Waals surface area contributed by atoms with Crippen LogP contribution in [0.1, 0.15) is 31.1 Å². The lowest BCUT2D eigenvalue weighted by Gasteiger charge is -2.41. The molecule has 2 saturated heterocycles. The Bertz CT molecular complexity index is 545. The molecule has 2 fully saturated rings. The number of hydrogen-bond donors (Lipinski definition) is 0. The summed E-state index contributed by atoms with van der Waals surface area (Å²) in [6.07, 6.45) is 2.43. The summed E-state index contributed by atoms with van der Waals surface area (Å²) in [5.74, 6) is 0.253. The molecule has 0 spiro atoms. The molecule has 0 saturated carbocycles. The minimum atomic E-state index is -0.294. The largest absolute Gasteiger partial charge is 0.329 e. The summed E-state index contributed by atoms with van der Waals surface area (Å²) >= 11 is 5.05. The van der Waals surface area contributed by atoms with Gasteiger partial charge in [0.05, 0.1) is 6.54 Å². The zero-order valence-electron chi connectivity index (χ0n) is 11.3. The van der Waals surface area contributed by atoms with Crippen molar-refractivity contribution >= 4 is 39.1 Å². The van der Waals surface area contributed by atoms with Crippen LogP contribution in [0.3, 0.4) is 0 Å². The molecule has 0 aromatic carbocycles. The van der Waals surface area contributed by atoms with Crippen molar-refractivity contribution in [3.63, 3.8) is 0 Å². The van der Waals surface area contributed by atoms with Gasteiger partial charge in [-0.3, -0.25) is 9.59 Å². The molecule has 0 bridgehead atoms. The Balaban J connectivity index is 1.86. The van der Waals surface area contributed by atoms with Crippen LogP contribution >= 0.6 is 27.3 Å². The van der Waals surface area contributed by atoms with Crippen molar-refractivity contribution < 1.29 is 9.59 Å². The second-order valence-electron chi connectivity index (χ2n) is 5.31. The standard InChI is InChI=1S/C14H17BrN2O2S/c1-2-11-13(18)16-5-3-4-12(16)14(19)17(11)7-10-6-9(15)8-20-10/h6,8,11-12H,2-5,7H2,1H3. The Morgan fingerprint density at radius 2 is 2.20 bits per heavy atom. The molecule has 3 rings (SSSR count). The van der Waals surface area contributed by atoms with Crippen molar-refractivity contribution in [3.8, 4) is 0 Å². The van der Waals surface area contributed by atoms with E-state index in [4.69, 9.17) is 0 Å². The lowest BCUT2D eigenvalue weighted by molar-refractivity contribution is -0.160. The molecule has 0 aliphatic carbocycles. The van der Waals surface area contributed by atoms with Crippen LogP contribution < -0.4 is 0 Å². The predicted octanol–water partition coefficient (Wildman–Crippen LogP) is 2.62. The summed E-state index contributed by atoms with van der Waals surface area (Å²) in [4.78, 5) is 29.9. The SMILES string of the molecule is CCC1C(=O)N2CCCC2C(=O)N1Cc1cc(Br)cs1. The van der Waals surface area contributed by atoms with E-state index in [1.807, 2.05) is 18.4 Å². The van der Waals surface area contributed by atoms with Crippen molar-refractivity contribution in [2.75, 3.05) is 6.54 Å². The number of nitrogens with zero attached hydrogens (tertiary/aromatic N) is 2. The fourth-order valence-corrected chi connectivity index (χ4v) is 4.59. The lowest BCUT2D eigenvalue weighted by atomic mass is 10.0. The molecule has 4 nitrogen and oxygen atoms in total. The van der Waals surface area contributed by atoms with Crippen molar-refractivity contribution in [1.82, 2.24) is 9.80 Å². The topological polar surface area (TPSA) is 40.6 Å². The Morgan fingerprint density at radius 1 is 1.40 bits per heavy atom. The number of amides is 2. The second-order valence-corrected chi connectivity index (χ2v) is 7.22. The number of carbonyl (C=O) groups is 2. The van der Waals surface area contributed by atoms with Gasteiger partial charge in [-0.25, -0.2) is 0 Å². The molecule has 3 heterocycles. The molecule has 1 aromatic heterocycles. The van der Waals surface area contributed by atoms with Crippen LogP contribution in [0, 0.1) is 0 Å². The van der Waals surface area contributed by atoms with Gasteiger partial charge in [0.2, 0.25) is 11.8 Å². The van der Waals surface area contributed by atoms with Gasteiger partial charge in [0.1, 0.15) is 12.1 Å². The summed E-state index contributed by atoms with van der Waals surface area (Å²) in [7, 11) is 0. The zero-order valence-corrected chi connectivity index (χ0v) is 13.7. The third-order valence-electron chi connectivity index (χ3n) is 4.10. The fraction of sp³-hybridized carbons (Fsp3) is 0.571. The third kappa shape index (κ3) is 2.29. The quantitative estimate of drug-likeness (QED) is 0.835. The summed E-state index contributed by atoms with van der Waals surface area (Å²) in [6, 6.07) is 1.52. The van der Waals surface area contributed by atoms with E-state index >= 15 is 0 Å². The molecular formula is C14H17BrN2O2S. The van der Waals surface area contributed by atoms with Crippen LogP contribution in [0.15, 0.2) is 15.9 Å². The van der Waals surface area contributed by atoms with Gasteiger partial charge in [-0.15, -0.1) is 11.3 Å². The molecule has 20 heavy (non-hydrogen) atoms. The van der Waals surface area contributed by atoms with Gasteiger partial charge >= 0.3 is 0 Å². The molecule has 2 amide bonds. The van der Waals surface area contributed by atoms with Crippen molar-refractivity contribution in [1.29, 1.82) is 0 Å². The van der Waals surface area contributed by atoms with Gasteiger partial charge in [-0.1, -0.05) is 6.92 Å². The van der Waals surface area contributed by atoms with E-state index < -0.39 is 0 Å². The van der Waals surface area contributed by atoms with Crippen LogP contribution in [-0.4, -0.2) is 40.2 Å². The summed E-state index contributed by atoms with van der Waals surface area (Å²) in [5.41, 5.74) is 0. The Morgan fingerprint density at radius 3 is 2.85 bits per heavy atom. The second kappa shape index (κ2) is 5.48. The highest BCUT2D eigenvalue weighted by molar-refractivity contribution is 9.10. The van der Waals surface area contributed by atoms with Gasteiger partial charge < -0.3 is 9.80 Å². The van der Waals surface area contributed by atoms with Crippen molar-refractivity contribution in [3.05, 3.63) is 20.8 Å². The van der Waals surface area contributed by atoms with Gasteiger partial charge in [0, 0.05) is 21.3 Å². The first kappa shape index (κ1) is 14.1. The van der Waals surface area contributed by atoms with Crippen LogP contribution in [0.2, 0.25) is 0 Å². The Kier molecular flexibility index (Phi) is 3.86. The molecule has 0 radical (unpaired) electrons. The molecule has 2 unspecified atom stereocenters. The average molecular weight is 357 g/mol. The molecule has 6 heteroatoms. The molecule has 1 aromatic rings. The van der Waals surface area contributed by atoms with E-state index in [-0.39, 0.29) is 23.9 Å². The Hall–Kier alpha value is -0.880. The number of hydrogen-bond acceptors (Lipinski definition) is 3. The van der Waals surface area contributed by atoms with E-state index in [2.05, 4.69) is 15.9 Å². The average Bonchev–Trinajstić information content (AvgIpc) is 3.05. The van der Waals surface area contributed by atoms with E-state index in [9.17, 15) is 9.59 Å². The molecule has 2 atom stereocenters. The van der Waals surface area contributed by atoms with E-state index in [0.29, 0.717) is 13.0 Å². The van der Waals surface area contributed by atoms with Gasteiger partial charge in [0.15, 0.2) is 0 Å². The zero-order chi connectivity index (χ0) is 14.3. The minimum Gasteiger partial charge on any atom is -0.329 e. The number of thiophene rings is 1. The van der Waals surface area contributed by atoms with Gasteiger partial charge in [-0.2, -0.15) is 0 Å². The number of halogens is 1. The maximum Gasteiger partial charge on any atom is 0.246 e. The smallest absolute Gasteiger partial charge is 0.246 e. The molecule has 108 valence electrons. The fourth-order valence-electron chi connectivity index (χ4n) is 3.14. The van der Waals surface area contributed by atoms with Crippen LogP contribution in [-0.2, 0) is 16.1 Å². The highest BCUT2D eigenvalue weighted by Crippen LogP contribution is 2.30. The van der Waals surface area contributed by atoms with E-state index in [1.54, 1.807) is 21.1 Å². The first-order chi connectivity index (χ1) is 9.61. The minimum absolute atomic E-state index is 0.124. The van der Waals surface area contributed by atoms with Gasteiger partial charge in [-0.05, 0) is 41.3 Å². The summed E-state index contributed by atoms with van der Waals surface area (Å²) in [6.45, 7) is 3.26. The lowest BCUT2D eigenvalue weighted by Crippen LogP contribution is -2.62. The van der Waals surface area contributed by atoms with Crippen LogP contribution in [0.4, 0.5) is 0 Å². The number of fused-ring (bicyclic) bond motifs is 1. The highest BCUT2D eigenvalue weighted by atomic mass is 79.9. The predicted molar refractivity (Wildman–Crippen MR) is 81.4 cm³/mol. The number of carbonyl (C=O) groups excluding carboxylic acids is 2. The Labute approximate surface area is 130 Å². The van der Waals surface area contributed by atoms with Crippen LogP contribution in [0.5, 0.6) is 0 Å². The monoisotopic (exact) mass is 356 g/mol. The molecule has 2 aliphatic rings.